The summed E-state index contributed by atoms with van der Waals surface area (Å²) in [5.41, 5.74) is 1.06. The van der Waals surface area contributed by atoms with Gasteiger partial charge in [-0.2, -0.15) is 0 Å². The molecular weight excluding hydrogens is 461 g/mol. The van der Waals surface area contributed by atoms with E-state index in [2.05, 4.69) is 5.32 Å². The van der Waals surface area contributed by atoms with Gasteiger partial charge >= 0.3 is 0 Å². The average Bonchev–Trinajstić information content (AvgIpc) is 2.71. The molecule has 0 bridgehead atoms. The number of amides is 2. The van der Waals surface area contributed by atoms with Gasteiger partial charge in [0.15, 0.2) is 0 Å². The molecule has 7 nitrogen and oxygen atoms in total. The Morgan fingerprint density at radius 3 is 2.00 bits per heavy atom. The molecule has 0 heterocycles. The van der Waals surface area contributed by atoms with Gasteiger partial charge in [-0.15, -0.1) is 0 Å². The number of halogens is 2. The Balaban J connectivity index is 2.35. The van der Waals surface area contributed by atoms with Crippen LogP contribution in [0, 0.1) is 0 Å². The summed E-state index contributed by atoms with van der Waals surface area (Å²) in [7, 11) is -3.77. The molecule has 2 aromatic carbocycles. The lowest BCUT2D eigenvalue weighted by Gasteiger charge is -2.31. The number of sulfonamides is 1. The van der Waals surface area contributed by atoms with Crippen LogP contribution >= 0.6 is 23.2 Å². The molecule has 2 rings (SSSR count). The maximum Gasteiger partial charge on any atom is 0.244 e. The largest absolute Gasteiger partial charge is 0.355 e. The smallest absolute Gasteiger partial charge is 0.244 e. The number of hydrogen-bond acceptors (Lipinski definition) is 4. The molecule has 2 amide bonds. The van der Waals surface area contributed by atoms with Crippen LogP contribution in [0.3, 0.4) is 0 Å². The quantitative estimate of drug-likeness (QED) is 0.589. The first-order valence-electron chi connectivity index (χ1n) is 9.57. The molecule has 0 saturated heterocycles. The van der Waals surface area contributed by atoms with E-state index in [9.17, 15) is 18.0 Å². The topological polar surface area (TPSA) is 86.8 Å². The molecule has 1 N–H and O–H groups in total. The third kappa shape index (κ3) is 7.12. The van der Waals surface area contributed by atoms with Crippen LogP contribution in [0.4, 0.5) is 5.69 Å². The number of likely N-dealkylation sites (N-methyl/N-ethyl adjacent to an activating group) is 1. The summed E-state index contributed by atoms with van der Waals surface area (Å²) in [4.78, 5) is 27.1. The van der Waals surface area contributed by atoms with E-state index in [0.717, 1.165) is 16.1 Å². The summed E-state index contributed by atoms with van der Waals surface area (Å²) in [6, 6.07) is 12.2. The van der Waals surface area contributed by atoms with Gasteiger partial charge < -0.3 is 10.2 Å². The summed E-state index contributed by atoms with van der Waals surface area (Å²) >= 11 is 11.8. The molecule has 0 aliphatic carbocycles. The minimum Gasteiger partial charge on any atom is -0.355 e. The Labute approximate surface area is 193 Å². The van der Waals surface area contributed by atoms with Crippen molar-refractivity contribution in [3.63, 3.8) is 0 Å². The summed E-state index contributed by atoms with van der Waals surface area (Å²) in [5.74, 6) is -0.851. The molecular formula is C21H25Cl2N3O4S. The molecule has 0 spiro atoms. The van der Waals surface area contributed by atoms with Gasteiger partial charge in [-0.3, -0.25) is 13.9 Å². The Morgan fingerprint density at radius 2 is 1.52 bits per heavy atom. The van der Waals surface area contributed by atoms with Crippen molar-refractivity contribution in [2.24, 2.45) is 0 Å². The van der Waals surface area contributed by atoms with E-state index in [1.54, 1.807) is 50.2 Å². The van der Waals surface area contributed by atoms with Crippen molar-refractivity contribution in [2.45, 2.75) is 26.4 Å². The van der Waals surface area contributed by atoms with Gasteiger partial charge in [0.25, 0.3) is 0 Å². The van der Waals surface area contributed by atoms with Crippen molar-refractivity contribution < 1.29 is 18.0 Å². The first-order valence-corrected chi connectivity index (χ1v) is 12.2. The van der Waals surface area contributed by atoms with Gasteiger partial charge in [-0.25, -0.2) is 8.42 Å². The minimum absolute atomic E-state index is 0.118. The van der Waals surface area contributed by atoms with Crippen molar-refractivity contribution >= 4 is 50.7 Å². The molecule has 0 aliphatic rings. The highest BCUT2D eigenvalue weighted by atomic mass is 35.5. The molecule has 2 aromatic rings. The molecule has 0 radical (unpaired) electrons. The number of benzene rings is 2. The minimum atomic E-state index is -3.77. The van der Waals surface area contributed by atoms with E-state index in [-0.39, 0.29) is 12.5 Å². The summed E-state index contributed by atoms with van der Waals surface area (Å²) in [5, 5.41) is 3.68. The highest BCUT2D eigenvalue weighted by Crippen LogP contribution is 2.21. The first kappa shape index (κ1) is 25.0. The molecule has 0 aliphatic heterocycles. The molecule has 0 unspecified atom stereocenters. The predicted molar refractivity (Wildman–Crippen MR) is 124 cm³/mol. The van der Waals surface area contributed by atoms with Crippen LogP contribution < -0.4 is 9.62 Å². The van der Waals surface area contributed by atoms with Crippen molar-refractivity contribution in [2.75, 3.05) is 23.7 Å². The number of rotatable bonds is 9. The number of hydrogen-bond donors (Lipinski definition) is 1. The van der Waals surface area contributed by atoms with Crippen LogP contribution in [0.15, 0.2) is 48.5 Å². The lowest BCUT2D eigenvalue weighted by molar-refractivity contribution is -0.139. The number of nitrogens with one attached hydrogen (secondary N) is 1. The lowest BCUT2D eigenvalue weighted by Crippen LogP contribution is -2.51. The van der Waals surface area contributed by atoms with Crippen molar-refractivity contribution in [3.8, 4) is 0 Å². The fourth-order valence-corrected chi connectivity index (χ4v) is 4.01. The maximum absolute atomic E-state index is 13.2. The van der Waals surface area contributed by atoms with Crippen LogP contribution in [0.2, 0.25) is 10.0 Å². The third-order valence-corrected chi connectivity index (χ3v) is 6.22. The monoisotopic (exact) mass is 485 g/mol. The van der Waals surface area contributed by atoms with Crippen molar-refractivity contribution in [1.82, 2.24) is 10.2 Å². The zero-order valence-electron chi connectivity index (χ0n) is 17.5. The van der Waals surface area contributed by atoms with E-state index in [1.165, 1.54) is 17.0 Å². The fourth-order valence-electron chi connectivity index (χ4n) is 2.91. The van der Waals surface area contributed by atoms with Gasteiger partial charge in [0, 0.05) is 23.1 Å². The highest BCUT2D eigenvalue weighted by molar-refractivity contribution is 7.92. The van der Waals surface area contributed by atoms with E-state index >= 15 is 0 Å². The highest BCUT2D eigenvalue weighted by Gasteiger charge is 2.29. The summed E-state index contributed by atoms with van der Waals surface area (Å²) < 4.78 is 25.8. The normalized spacial score (nSPS) is 12.2. The summed E-state index contributed by atoms with van der Waals surface area (Å²) in [6.45, 7) is 3.45. The van der Waals surface area contributed by atoms with Gasteiger partial charge in [-0.1, -0.05) is 35.3 Å². The van der Waals surface area contributed by atoms with Crippen molar-refractivity contribution in [3.05, 3.63) is 64.1 Å². The number of anilines is 1. The van der Waals surface area contributed by atoms with E-state index in [0.29, 0.717) is 22.3 Å². The zero-order chi connectivity index (χ0) is 23.2. The molecule has 168 valence electrons. The fraction of sp³-hybridized carbons (Fsp3) is 0.333. The van der Waals surface area contributed by atoms with E-state index in [1.807, 2.05) is 0 Å². The second-order valence-corrected chi connectivity index (χ2v) is 9.74. The maximum atomic E-state index is 13.2. The molecule has 31 heavy (non-hydrogen) atoms. The Kier molecular flexibility index (Phi) is 8.73. The molecule has 0 aromatic heterocycles. The number of nitrogens with zero attached hydrogens (tertiary/aromatic N) is 2. The zero-order valence-corrected chi connectivity index (χ0v) is 19.8. The Hall–Kier alpha value is -2.29. The van der Waals surface area contributed by atoms with Gasteiger partial charge in [0.2, 0.25) is 21.8 Å². The number of carbonyl (C=O) groups excluding carboxylic acids is 2. The van der Waals surface area contributed by atoms with Crippen LogP contribution in [0.25, 0.3) is 0 Å². The van der Waals surface area contributed by atoms with Crippen molar-refractivity contribution in [1.29, 1.82) is 0 Å². The van der Waals surface area contributed by atoms with E-state index in [4.69, 9.17) is 23.2 Å². The van der Waals surface area contributed by atoms with Gasteiger partial charge in [-0.05, 0) is 55.8 Å². The standard InChI is InChI=1S/C21H25Cl2N3O4S/c1-4-24-21(28)15(2)25(13-16-5-7-17(22)8-6-16)20(27)14-26(31(3,29)30)19-11-9-18(23)10-12-19/h5-12,15H,4,13-14H2,1-3H3,(H,24,28)/t15-/m1/s1. The molecule has 1 atom stereocenters. The Bertz CT molecular complexity index is 1010. The Morgan fingerprint density at radius 1 is 1.00 bits per heavy atom. The first-order chi connectivity index (χ1) is 14.5. The van der Waals surface area contributed by atoms with Crippen LogP contribution in [0.5, 0.6) is 0 Å². The summed E-state index contributed by atoms with van der Waals surface area (Å²) in [6.07, 6.45) is 1.02. The van der Waals surface area contributed by atoms with Crippen LogP contribution in [-0.2, 0) is 26.2 Å². The molecule has 0 saturated carbocycles. The van der Waals surface area contributed by atoms with E-state index < -0.39 is 28.5 Å². The second-order valence-electron chi connectivity index (χ2n) is 6.96. The second kappa shape index (κ2) is 10.8. The van der Waals surface area contributed by atoms with Gasteiger partial charge in [0.1, 0.15) is 12.6 Å². The predicted octanol–water partition coefficient (Wildman–Crippen LogP) is 3.31. The average molecular weight is 486 g/mol. The third-order valence-electron chi connectivity index (χ3n) is 4.58. The molecule has 10 heteroatoms. The molecule has 0 fully saturated rings. The van der Waals surface area contributed by atoms with Crippen LogP contribution in [-0.4, -0.2) is 50.5 Å². The number of carbonyl (C=O) groups is 2. The lowest BCUT2D eigenvalue weighted by atomic mass is 10.1. The SMILES string of the molecule is CCNC(=O)[C@@H](C)N(Cc1ccc(Cl)cc1)C(=O)CN(c1ccc(Cl)cc1)S(C)(=O)=O. The van der Waals surface area contributed by atoms with Gasteiger partial charge in [0.05, 0.1) is 11.9 Å². The van der Waals surface area contributed by atoms with Crippen LogP contribution in [0.1, 0.15) is 19.4 Å².